The summed E-state index contributed by atoms with van der Waals surface area (Å²) in [6.07, 6.45) is 2.45. The first kappa shape index (κ1) is 18.8. The minimum absolute atomic E-state index is 0.198. The van der Waals surface area contributed by atoms with E-state index in [1.54, 1.807) is 0 Å². The summed E-state index contributed by atoms with van der Waals surface area (Å²) in [6.45, 7) is 9.45. The van der Waals surface area contributed by atoms with Gasteiger partial charge in [0, 0.05) is 26.2 Å². The highest BCUT2D eigenvalue weighted by molar-refractivity contribution is 7.25. The first-order chi connectivity index (χ1) is 13.7. The van der Waals surface area contributed by atoms with Crippen molar-refractivity contribution in [3.63, 3.8) is 0 Å². The largest absolute Gasteiger partial charge is 0.356 e. The average molecular weight is 395 g/mol. The van der Waals surface area contributed by atoms with Crippen molar-refractivity contribution in [2.24, 2.45) is 0 Å². The van der Waals surface area contributed by atoms with E-state index in [2.05, 4.69) is 87.6 Å². The second kappa shape index (κ2) is 6.37. The van der Waals surface area contributed by atoms with Gasteiger partial charge in [-0.2, -0.15) is 0 Å². The quantitative estimate of drug-likeness (QED) is 0.363. The van der Waals surface area contributed by atoms with Crippen LogP contribution in [0.3, 0.4) is 0 Å². The van der Waals surface area contributed by atoms with Crippen LogP contribution >= 0.6 is 11.3 Å². The third kappa shape index (κ3) is 3.07. The molecule has 0 fully saturated rings. The van der Waals surface area contributed by atoms with Crippen LogP contribution in [-0.2, 0) is 10.8 Å². The molecule has 29 heavy (non-hydrogen) atoms. The van der Waals surface area contributed by atoms with Crippen LogP contribution in [0.15, 0.2) is 54.6 Å². The first-order valence-electron chi connectivity index (χ1n) is 10.4. The zero-order valence-corrected chi connectivity index (χ0v) is 18.4. The van der Waals surface area contributed by atoms with Crippen LogP contribution in [0.4, 0.5) is 11.4 Å². The lowest BCUT2D eigenvalue weighted by molar-refractivity contribution is 0.332. The van der Waals surface area contributed by atoms with E-state index >= 15 is 0 Å². The molecular weight excluding hydrogens is 369 g/mol. The van der Waals surface area contributed by atoms with E-state index < -0.39 is 0 Å². The Morgan fingerprint density at radius 3 is 2.31 bits per heavy atom. The van der Waals surface area contributed by atoms with Crippen molar-refractivity contribution in [3.05, 3.63) is 65.7 Å². The Morgan fingerprint density at radius 2 is 1.52 bits per heavy atom. The molecule has 1 aliphatic rings. The predicted octanol–water partition coefficient (Wildman–Crippen LogP) is 6.94. The van der Waals surface area contributed by atoms with Crippen molar-refractivity contribution in [3.8, 4) is 0 Å². The second-order valence-corrected chi connectivity index (χ2v) is 10.8. The number of rotatable bonds is 2. The van der Waals surface area contributed by atoms with Crippen LogP contribution < -0.4 is 10.8 Å². The summed E-state index contributed by atoms with van der Waals surface area (Å²) in [5, 5.41) is 6.12. The van der Waals surface area contributed by atoms with E-state index in [1.807, 2.05) is 11.3 Å². The Morgan fingerprint density at radius 1 is 0.793 bits per heavy atom. The molecule has 0 spiro atoms. The first-order valence-corrected chi connectivity index (χ1v) is 11.2. The topological polar surface area (TPSA) is 12.0 Å². The van der Waals surface area contributed by atoms with Gasteiger partial charge in [-0.05, 0) is 64.5 Å². The Balaban J connectivity index is 1.57. The van der Waals surface area contributed by atoms with Crippen LogP contribution in [0.5, 0.6) is 0 Å². The SMILES string of the molecule is [B]c1cc2c(cc1Nc1ccc3c(c1)C(C)(C)CCC3(C)C)sc1ccccc12. The van der Waals surface area contributed by atoms with E-state index in [0.717, 1.165) is 16.8 Å². The fraction of sp³-hybridized carbons (Fsp3) is 0.308. The molecule has 2 radical (unpaired) electrons. The van der Waals surface area contributed by atoms with Crippen LogP contribution in [0.2, 0.25) is 0 Å². The molecule has 5 rings (SSSR count). The second-order valence-electron chi connectivity index (χ2n) is 9.69. The average Bonchev–Trinajstić information content (AvgIpc) is 3.03. The molecule has 1 nitrogen and oxygen atoms in total. The minimum Gasteiger partial charge on any atom is -0.356 e. The number of thiophene rings is 1. The zero-order chi connectivity index (χ0) is 20.4. The van der Waals surface area contributed by atoms with Crippen LogP contribution in [-0.4, -0.2) is 7.85 Å². The Kier molecular flexibility index (Phi) is 4.12. The van der Waals surface area contributed by atoms with Gasteiger partial charge in [-0.3, -0.25) is 0 Å². The molecule has 0 bridgehead atoms. The normalized spacial score (nSPS) is 17.4. The fourth-order valence-corrected chi connectivity index (χ4v) is 5.85. The number of hydrogen-bond acceptors (Lipinski definition) is 2. The highest BCUT2D eigenvalue weighted by Gasteiger charge is 2.36. The van der Waals surface area contributed by atoms with Gasteiger partial charge >= 0.3 is 0 Å². The molecule has 1 N–H and O–H groups in total. The summed E-state index contributed by atoms with van der Waals surface area (Å²) >= 11 is 1.82. The standard InChI is InChI=1S/C26H26BNS/c1-25(2)11-12-26(3,4)20-13-16(9-10-19(20)25)28-22-15-24-18(14-21(22)27)17-7-5-6-8-23(17)29-24/h5-10,13-15,28H,11-12H2,1-4H3. The molecule has 1 heterocycles. The molecule has 4 aromatic rings. The molecule has 1 aromatic heterocycles. The monoisotopic (exact) mass is 395 g/mol. The maximum Gasteiger partial charge on any atom is 0.116 e. The van der Waals surface area contributed by atoms with Crippen molar-refractivity contribution in [2.45, 2.75) is 51.4 Å². The molecule has 0 saturated carbocycles. The van der Waals surface area contributed by atoms with Crippen molar-refractivity contribution in [1.29, 1.82) is 0 Å². The molecule has 3 aromatic carbocycles. The van der Waals surface area contributed by atoms with Crippen molar-refractivity contribution in [1.82, 2.24) is 0 Å². The van der Waals surface area contributed by atoms with Gasteiger partial charge in [0.2, 0.25) is 0 Å². The molecule has 3 heteroatoms. The molecule has 0 unspecified atom stereocenters. The molecule has 144 valence electrons. The molecule has 1 aliphatic carbocycles. The maximum absolute atomic E-state index is 6.46. The van der Waals surface area contributed by atoms with Gasteiger partial charge in [-0.15, -0.1) is 11.3 Å². The van der Waals surface area contributed by atoms with E-state index in [0.29, 0.717) is 0 Å². The van der Waals surface area contributed by atoms with Crippen LogP contribution in [0.25, 0.3) is 20.2 Å². The summed E-state index contributed by atoms with van der Waals surface area (Å²) in [6, 6.07) is 19.7. The number of nitrogens with one attached hydrogen (secondary N) is 1. The van der Waals surface area contributed by atoms with E-state index in [9.17, 15) is 0 Å². The fourth-order valence-electron chi connectivity index (χ4n) is 4.72. The van der Waals surface area contributed by atoms with Gasteiger partial charge in [0.25, 0.3) is 0 Å². The highest BCUT2D eigenvalue weighted by atomic mass is 32.1. The van der Waals surface area contributed by atoms with Gasteiger partial charge in [0.15, 0.2) is 0 Å². The third-order valence-corrected chi connectivity index (χ3v) is 7.81. The third-order valence-electron chi connectivity index (χ3n) is 6.68. The molecule has 0 aliphatic heterocycles. The van der Waals surface area contributed by atoms with Crippen molar-refractivity contribution in [2.75, 3.05) is 5.32 Å². The summed E-state index contributed by atoms with van der Waals surface area (Å²) in [5.41, 5.74) is 6.26. The van der Waals surface area contributed by atoms with Crippen LogP contribution in [0.1, 0.15) is 51.7 Å². The van der Waals surface area contributed by atoms with Gasteiger partial charge in [0.1, 0.15) is 7.85 Å². The molecule has 0 saturated heterocycles. The number of hydrogen-bond donors (Lipinski definition) is 1. The Bertz CT molecular complexity index is 1250. The van der Waals surface area contributed by atoms with E-state index in [-0.39, 0.29) is 10.8 Å². The van der Waals surface area contributed by atoms with E-state index in [4.69, 9.17) is 7.85 Å². The summed E-state index contributed by atoms with van der Waals surface area (Å²) < 4.78 is 2.57. The van der Waals surface area contributed by atoms with Crippen molar-refractivity contribution < 1.29 is 0 Å². The highest BCUT2D eigenvalue weighted by Crippen LogP contribution is 2.46. The number of benzene rings is 3. The van der Waals surface area contributed by atoms with Gasteiger partial charge in [0.05, 0.1) is 0 Å². The Labute approximate surface area is 178 Å². The minimum atomic E-state index is 0.198. The summed E-state index contributed by atoms with van der Waals surface area (Å²) in [5.74, 6) is 0. The maximum atomic E-state index is 6.46. The van der Waals surface area contributed by atoms with E-state index in [1.165, 1.54) is 44.1 Å². The zero-order valence-electron chi connectivity index (χ0n) is 17.6. The van der Waals surface area contributed by atoms with Gasteiger partial charge < -0.3 is 5.32 Å². The lowest BCUT2D eigenvalue weighted by Crippen LogP contribution is -2.33. The summed E-state index contributed by atoms with van der Waals surface area (Å²) in [7, 11) is 6.46. The lowest BCUT2D eigenvalue weighted by atomic mass is 9.63. The smallest absolute Gasteiger partial charge is 0.116 e. The Hall–Kier alpha value is -2.26. The van der Waals surface area contributed by atoms with Crippen LogP contribution in [0, 0.1) is 0 Å². The number of fused-ring (bicyclic) bond motifs is 4. The molecule has 0 atom stereocenters. The molecular formula is C26H26BNS. The summed E-state index contributed by atoms with van der Waals surface area (Å²) in [4.78, 5) is 0. The van der Waals surface area contributed by atoms with Gasteiger partial charge in [-0.25, -0.2) is 0 Å². The molecule has 0 amide bonds. The number of anilines is 2. The lowest BCUT2D eigenvalue weighted by Gasteiger charge is -2.42. The predicted molar refractivity (Wildman–Crippen MR) is 130 cm³/mol. The van der Waals surface area contributed by atoms with Crippen molar-refractivity contribution >= 4 is 56.2 Å². The van der Waals surface area contributed by atoms with Gasteiger partial charge in [-0.1, -0.05) is 63.5 Å².